The molecule has 1 fully saturated rings. The summed E-state index contributed by atoms with van der Waals surface area (Å²) >= 11 is 0. The summed E-state index contributed by atoms with van der Waals surface area (Å²) in [5.41, 5.74) is 1.23. The molecule has 0 radical (unpaired) electrons. The first-order chi connectivity index (χ1) is 10.7. The van der Waals surface area contributed by atoms with Crippen molar-refractivity contribution in [2.45, 2.75) is 83.0 Å². The lowest BCUT2D eigenvalue weighted by Gasteiger charge is -2.08. The fourth-order valence-electron chi connectivity index (χ4n) is 2.98. The van der Waals surface area contributed by atoms with E-state index in [1.54, 1.807) is 12.1 Å². The van der Waals surface area contributed by atoms with E-state index in [1.807, 2.05) is 12.1 Å². The molecule has 22 heavy (non-hydrogen) atoms. The van der Waals surface area contributed by atoms with Crippen molar-refractivity contribution in [3.05, 3.63) is 29.8 Å². The van der Waals surface area contributed by atoms with Crippen LogP contribution in [0.1, 0.15) is 63.9 Å². The van der Waals surface area contributed by atoms with Crippen LogP contribution in [0.15, 0.2) is 24.3 Å². The van der Waals surface area contributed by atoms with E-state index < -0.39 is 0 Å². The zero-order valence-corrected chi connectivity index (χ0v) is 13.7. The molecule has 3 atom stereocenters. The van der Waals surface area contributed by atoms with Crippen molar-refractivity contribution in [3.63, 3.8) is 0 Å². The highest BCUT2D eigenvalue weighted by atomic mass is 16.6. The summed E-state index contributed by atoms with van der Waals surface area (Å²) in [4.78, 5) is 0. The van der Waals surface area contributed by atoms with Gasteiger partial charge in [-0.15, -0.1) is 0 Å². The highest BCUT2D eigenvalue weighted by molar-refractivity contribution is 5.26. The topological polar surface area (TPSA) is 53.0 Å². The Morgan fingerprint density at radius 3 is 2.50 bits per heavy atom. The molecule has 124 valence electrons. The number of benzene rings is 1. The number of aromatic hydroxyl groups is 1. The first-order valence-corrected chi connectivity index (χ1v) is 8.80. The Morgan fingerprint density at radius 1 is 1.05 bits per heavy atom. The maximum atomic E-state index is 10.0. The fraction of sp³-hybridized carbons (Fsp3) is 0.684. The van der Waals surface area contributed by atoms with Crippen molar-refractivity contribution in [3.8, 4) is 5.75 Å². The minimum absolute atomic E-state index is 0.203. The maximum Gasteiger partial charge on any atom is 0.115 e. The number of aryl methyl sites for hydroxylation is 1. The zero-order chi connectivity index (χ0) is 15.8. The first-order valence-electron chi connectivity index (χ1n) is 8.80. The minimum atomic E-state index is -0.203. The maximum absolute atomic E-state index is 10.0. The predicted molar refractivity (Wildman–Crippen MR) is 89.1 cm³/mol. The number of hydrogen-bond donors (Lipinski definition) is 2. The van der Waals surface area contributed by atoms with E-state index in [-0.39, 0.29) is 12.2 Å². The molecular weight excluding hydrogens is 276 g/mol. The van der Waals surface area contributed by atoms with Gasteiger partial charge < -0.3 is 14.9 Å². The summed E-state index contributed by atoms with van der Waals surface area (Å²) in [5, 5.41) is 19.3. The van der Waals surface area contributed by atoms with Crippen molar-refractivity contribution < 1.29 is 14.9 Å². The van der Waals surface area contributed by atoms with Gasteiger partial charge in [-0.1, -0.05) is 51.2 Å². The Bertz CT molecular complexity index is 415. The van der Waals surface area contributed by atoms with Crippen molar-refractivity contribution in [1.29, 1.82) is 0 Å². The normalized spacial score (nSPS) is 21.7. The Kier molecular flexibility index (Phi) is 7.20. The van der Waals surface area contributed by atoms with E-state index in [2.05, 4.69) is 6.92 Å². The number of ether oxygens (including phenoxy) is 1. The van der Waals surface area contributed by atoms with Gasteiger partial charge in [-0.3, -0.25) is 0 Å². The van der Waals surface area contributed by atoms with E-state index in [0.29, 0.717) is 11.9 Å². The van der Waals surface area contributed by atoms with Crippen LogP contribution < -0.4 is 0 Å². The number of phenols is 1. The number of hydrogen-bond acceptors (Lipinski definition) is 3. The SMILES string of the molecule is CCCCCCCC(O)CC1OC1CCc1ccc(O)cc1. The van der Waals surface area contributed by atoms with Crippen molar-refractivity contribution in [1.82, 2.24) is 0 Å². The van der Waals surface area contributed by atoms with Gasteiger partial charge in [0.1, 0.15) is 5.75 Å². The number of aliphatic hydroxyl groups excluding tert-OH is 1. The molecule has 1 saturated heterocycles. The number of aliphatic hydroxyl groups is 1. The largest absolute Gasteiger partial charge is 0.508 e. The second-order valence-corrected chi connectivity index (χ2v) is 6.51. The van der Waals surface area contributed by atoms with Crippen LogP contribution in [0, 0.1) is 0 Å². The Hall–Kier alpha value is -1.06. The summed E-state index contributed by atoms with van der Waals surface area (Å²) in [6, 6.07) is 7.36. The molecule has 0 bridgehead atoms. The number of phenolic OH excluding ortho intramolecular Hbond substituents is 1. The van der Waals surface area contributed by atoms with E-state index in [0.717, 1.165) is 32.1 Å². The molecule has 3 heteroatoms. The van der Waals surface area contributed by atoms with Crippen LogP contribution in [0.25, 0.3) is 0 Å². The lowest BCUT2D eigenvalue weighted by atomic mass is 10.0. The van der Waals surface area contributed by atoms with Gasteiger partial charge in [-0.25, -0.2) is 0 Å². The van der Waals surface area contributed by atoms with Crippen LogP contribution in [0.4, 0.5) is 0 Å². The second kappa shape index (κ2) is 9.16. The molecule has 0 saturated carbocycles. The lowest BCUT2D eigenvalue weighted by molar-refractivity contribution is 0.139. The van der Waals surface area contributed by atoms with Gasteiger partial charge in [0.05, 0.1) is 18.3 Å². The molecule has 1 aromatic carbocycles. The first kappa shape index (κ1) is 17.3. The third-order valence-electron chi connectivity index (χ3n) is 4.49. The smallest absolute Gasteiger partial charge is 0.115 e. The van der Waals surface area contributed by atoms with Gasteiger partial charge in [0, 0.05) is 6.42 Å². The Labute approximate surface area is 134 Å². The average molecular weight is 306 g/mol. The molecule has 1 aliphatic rings. The molecule has 2 N–H and O–H groups in total. The van der Waals surface area contributed by atoms with Crippen LogP contribution in [0.5, 0.6) is 5.75 Å². The van der Waals surface area contributed by atoms with Crippen molar-refractivity contribution in [2.24, 2.45) is 0 Å². The molecule has 0 aromatic heterocycles. The van der Waals surface area contributed by atoms with Gasteiger partial charge >= 0.3 is 0 Å². The standard InChI is InChI=1S/C19H30O3/c1-2-3-4-5-6-7-17(21)14-19-18(22-19)13-10-15-8-11-16(20)12-9-15/h8-9,11-12,17-21H,2-7,10,13-14H2,1H3. The second-order valence-electron chi connectivity index (χ2n) is 6.51. The third kappa shape index (κ3) is 6.37. The van der Waals surface area contributed by atoms with Crippen LogP contribution in [-0.4, -0.2) is 28.5 Å². The molecule has 1 heterocycles. The van der Waals surface area contributed by atoms with Gasteiger partial charge in [0.15, 0.2) is 0 Å². The summed E-state index contributed by atoms with van der Waals surface area (Å²) in [6.07, 6.45) is 10.2. The molecule has 3 unspecified atom stereocenters. The molecule has 0 amide bonds. The van der Waals surface area contributed by atoms with Gasteiger partial charge in [-0.05, 0) is 37.0 Å². The number of rotatable bonds is 11. The molecule has 0 aliphatic carbocycles. The van der Waals surface area contributed by atoms with E-state index in [9.17, 15) is 10.2 Å². The van der Waals surface area contributed by atoms with Gasteiger partial charge in [-0.2, -0.15) is 0 Å². The Balaban J connectivity index is 1.53. The third-order valence-corrected chi connectivity index (χ3v) is 4.49. The number of epoxide rings is 1. The van der Waals surface area contributed by atoms with Crippen LogP contribution in [0.3, 0.4) is 0 Å². The van der Waals surface area contributed by atoms with Crippen molar-refractivity contribution in [2.75, 3.05) is 0 Å². The predicted octanol–water partition coefficient (Wildman–Crippen LogP) is 4.20. The average Bonchev–Trinajstić information content (AvgIpc) is 3.24. The van der Waals surface area contributed by atoms with E-state index in [1.165, 1.54) is 31.2 Å². The molecule has 3 nitrogen and oxygen atoms in total. The van der Waals surface area contributed by atoms with E-state index >= 15 is 0 Å². The quantitative estimate of drug-likeness (QED) is 0.476. The van der Waals surface area contributed by atoms with E-state index in [4.69, 9.17) is 4.74 Å². The summed E-state index contributed by atoms with van der Waals surface area (Å²) in [6.45, 7) is 2.22. The highest BCUT2D eigenvalue weighted by Crippen LogP contribution is 2.31. The molecule has 2 rings (SSSR count). The molecular formula is C19H30O3. The molecule has 1 aromatic rings. The Morgan fingerprint density at radius 2 is 1.77 bits per heavy atom. The van der Waals surface area contributed by atoms with Crippen LogP contribution in [-0.2, 0) is 11.2 Å². The van der Waals surface area contributed by atoms with Crippen LogP contribution in [0.2, 0.25) is 0 Å². The lowest BCUT2D eigenvalue weighted by Crippen LogP contribution is -2.11. The number of unbranched alkanes of at least 4 members (excludes halogenated alkanes) is 4. The van der Waals surface area contributed by atoms with Crippen LogP contribution >= 0.6 is 0 Å². The summed E-state index contributed by atoms with van der Waals surface area (Å²) in [7, 11) is 0. The highest BCUT2D eigenvalue weighted by Gasteiger charge is 2.39. The minimum Gasteiger partial charge on any atom is -0.508 e. The van der Waals surface area contributed by atoms with Gasteiger partial charge in [0.25, 0.3) is 0 Å². The van der Waals surface area contributed by atoms with Gasteiger partial charge in [0.2, 0.25) is 0 Å². The zero-order valence-electron chi connectivity index (χ0n) is 13.7. The molecule has 1 aliphatic heterocycles. The summed E-state index contributed by atoms with van der Waals surface area (Å²) in [5.74, 6) is 0.311. The fourth-order valence-corrected chi connectivity index (χ4v) is 2.98. The molecule has 0 spiro atoms. The summed E-state index contributed by atoms with van der Waals surface area (Å²) < 4.78 is 5.67. The van der Waals surface area contributed by atoms with Crippen molar-refractivity contribution >= 4 is 0 Å². The monoisotopic (exact) mass is 306 g/mol.